The SMILES string of the molecule is Cc1c(F)cccc1NC(=O)CCC1CCCN1.Cl. The fraction of sp³-hybridized carbons (Fsp3) is 0.500. The first kappa shape index (κ1) is 15.9. The number of nitrogens with one attached hydrogen (secondary N) is 2. The Labute approximate surface area is 119 Å². The van der Waals surface area contributed by atoms with Crippen LogP contribution < -0.4 is 10.6 Å². The van der Waals surface area contributed by atoms with E-state index in [-0.39, 0.29) is 24.1 Å². The van der Waals surface area contributed by atoms with E-state index in [2.05, 4.69) is 10.6 Å². The molecule has 0 aromatic heterocycles. The molecule has 1 aliphatic rings. The van der Waals surface area contributed by atoms with Crippen LogP contribution in [0, 0.1) is 12.7 Å². The van der Waals surface area contributed by atoms with Crippen LogP contribution in [0.3, 0.4) is 0 Å². The maximum absolute atomic E-state index is 13.3. The number of benzene rings is 1. The summed E-state index contributed by atoms with van der Waals surface area (Å²) in [7, 11) is 0. The normalized spacial score (nSPS) is 17.9. The lowest BCUT2D eigenvalue weighted by Crippen LogP contribution is -2.23. The Morgan fingerprint density at radius 1 is 1.53 bits per heavy atom. The first-order valence-corrected chi connectivity index (χ1v) is 6.45. The molecule has 3 nitrogen and oxygen atoms in total. The van der Waals surface area contributed by atoms with Gasteiger partial charge < -0.3 is 10.6 Å². The zero-order chi connectivity index (χ0) is 13.0. The van der Waals surface area contributed by atoms with Gasteiger partial charge in [-0.1, -0.05) is 6.07 Å². The number of amides is 1. The van der Waals surface area contributed by atoms with Crippen molar-refractivity contribution < 1.29 is 9.18 Å². The molecule has 1 aromatic rings. The zero-order valence-corrected chi connectivity index (χ0v) is 11.9. The van der Waals surface area contributed by atoms with Gasteiger partial charge in [0.1, 0.15) is 5.82 Å². The molecule has 5 heteroatoms. The van der Waals surface area contributed by atoms with Crippen LogP contribution in [-0.2, 0) is 4.79 Å². The van der Waals surface area contributed by atoms with E-state index in [0.29, 0.717) is 23.7 Å². The van der Waals surface area contributed by atoms with Crippen LogP contribution in [0.15, 0.2) is 18.2 Å². The summed E-state index contributed by atoms with van der Waals surface area (Å²) in [5.74, 6) is -0.331. The van der Waals surface area contributed by atoms with Gasteiger partial charge in [0.25, 0.3) is 0 Å². The van der Waals surface area contributed by atoms with Crippen molar-refractivity contribution in [2.24, 2.45) is 0 Å². The molecule has 1 unspecified atom stereocenters. The molecule has 2 rings (SSSR count). The maximum Gasteiger partial charge on any atom is 0.224 e. The van der Waals surface area contributed by atoms with Gasteiger partial charge in [-0.3, -0.25) is 4.79 Å². The first-order chi connectivity index (χ1) is 8.66. The number of hydrogen-bond acceptors (Lipinski definition) is 2. The summed E-state index contributed by atoms with van der Waals surface area (Å²) in [6.45, 7) is 2.72. The lowest BCUT2D eigenvalue weighted by molar-refractivity contribution is -0.116. The molecule has 1 heterocycles. The third kappa shape index (κ3) is 4.48. The van der Waals surface area contributed by atoms with Gasteiger partial charge >= 0.3 is 0 Å². The van der Waals surface area contributed by atoms with Crippen molar-refractivity contribution in [3.63, 3.8) is 0 Å². The third-order valence-corrected chi connectivity index (χ3v) is 3.42. The van der Waals surface area contributed by atoms with Crippen LogP contribution in [0.5, 0.6) is 0 Å². The van der Waals surface area contributed by atoms with Gasteiger partial charge in [0.2, 0.25) is 5.91 Å². The summed E-state index contributed by atoms with van der Waals surface area (Å²) >= 11 is 0. The van der Waals surface area contributed by atoms with Crippen LogP contribution in [0.2, 0.25) is 0 Å². The van der Waals surface area contributed by atoms with Gasteiger partial charge in [-0.25, -0.2) is 4.39 Å². The Kier molecular flexibility index (Phi) is 6.25. The summed E-state index contributed by atoms with van der Waals surface area (Å²) in [4.78, 5) is 11.8. The summed E-state index contributed by atoms with van der Waals surface area (Å²) in [6, 6.07) is 5.19. The highest BCUT2D eigenvalue weighted by Gasteiger charge is 2.15. The maximum atomic E-state index is 13.3. The van der Waals surface area contributed by atoms with Gasteiger partial charge in [-0.2, -0.15) is 0 Å². The Bertz CT molecular complexity index is 433. The first-order valence-electron chi connectivity index (χ1n) is 6.45. The van der Waals surface area contributed by atoms with E-state index in [9.17, 15) is 9.18 Å². The number of hydrogen-bond donors (Lipinski definition) is 2. The van der Waals surface area contributed by atoms with E-state index in [1.54, 1.807) is 19.1 Å². The van der Waals surface area contributed by atoms with E-state index >= 15 is 0 Å². The van der Waals surface area contributed by atoms with Gasteiger partial charge in [-0.15, -0.1) is 12.4 Å². The fourth-order valence-corrected chi connectivity index (χ4v) is 2.26. The molecule has 1 aliphatic heterocycles. The molecule has 1 aromatic carbocycles. The minimum atomic E-state index is -0.287. The molecule has 1 amide bonds. The van der Waals surface area contributed by atoms with Crippen molar-refractivity contribution in [2.75, 3.05) is 11.9 Å². The average molecular weight is 287 g/mol. The second-order valence-electron chi connectivity index (χ2n) is 4.79. The monoisotopic (exact) mass is 286 g/mol. The van der Waals surface area contributed by atoms with E-state index in [4.69, 9.17) is 0 Å². The van der Waals surface area contributed by atoms with Crippen molar-refractivity contribution in [1.82, 2.24) is 5.32 Å². The standard InChI is InChI=1S/C14H19FN2O.ClH/c1-10-12(15)5-2-6-13(10)17-14(18)8-7-11-4-3-9-16-11;/h2,5-6,11,16H,3-4,7-9H2,1H3,(H,17,18);1H. The highest BCUT2D eigenvalue weighted by Crippen LogP contribution is 2.18. The third-order valence-electron chi connectivity index (χ3n) is 3.42. The van der Waals surface area contributed by atoms with Crippen LogP contribution in [0.25, 0.3) is 0 Å². The van der Waals surface area contributed by atoms with Gasteiger partial charge in [0.05, 0.1) is 0 Å². The van der Waals surface area contributed by atoms with Crippen molar-refractivity contribution in [1.29, 1.82) is 0 Å². The highest BCUT2D eigenvalue weighted by molar-refractivity contribution is 5.91. The largest absolute Gasteiger partial charge is 0.326 e. The number of rotatable bonds is 4. The van der Waals surface area contributed by atoms with Crippen molar-refractivity contribution in [3.05, 3.63) is 29.6 Å². The Morgan fingerprint density at radius 2 is 2.32 bits per heavy atom. The molecular formula is C14H20ClFN2O. The minimum Gasteiger partial charge on any atom is -0.326 e. The molecule has 0 bridgehead atoms. The second kappa shape index (κ2) is 7.46. The minimum absolute atomic E-state index is 0. The number of carbonyl (C=O) groups excluding carboxylic acids is 1. The van der Waals surface area contributed by atoms with Gasteiger partial charge in [0, 0.05) is 23.7 Å². The molecule has 1 atom stereocenters. The predicted molar refractivity (Wildman–Crippen MR) is 77.3 cm³/mol. The van der Waals surface area contributed by atoms with Crippen LogP contribution in [0.1, 0.15) is 31.2 Å². The smallest absolute Gasteiger partial charge is 0.224 e. The molecule has 19 heavy (non-hydrogen) atoms. The van der Waals surface area contributed by atoms with Crippen LogP contribution >= 0.6 is 12.4 Å². The quantitative estimate of drug-likeness (QED) is 0.893. The number of halogens is 2. The van der Waals surface area contributed by atoms with Crippen LogP contribution in [0.4, 0.5) is 10.1 Å². The lowest BCUT2D eigenvalue weighted by atomic mass is 10.1. The Balaban J connectivity index is 0.00000180. The van der Waals surface area contributed by atoms with Crippen LogP contribution in [-0.4, -0.2) is 18.5 Å². The molecule has 106 valence electrons. The lowest BCUT2D eigenvalue weighted by Gasteiger charge is -2.11. The van der Waals surface area contributed by atoms with E-state index in [0.717, 1.165) is 19.4 Å². The fourth-order valence-electron chi connectivity index (χ4n) is 2.26. The Hall–Kier alpha value is -1.13. The molecule has 0 aliphatic carbocycles. The highest BCUT2D eigenvalue weighted by atomic mass is 35.5. The zero-order valence-electron chi connectivity index (χ0n) is 11.0. The molecule has 1 saturated heterocycles. The molecule has 0 spiro atoms. The predicted octanol–water partition coefficient (Wildman–Crippen LogP) is 3.03. The van der Waals surface area contributed by atoms with Gasteiger partial charge in [0.15, 0.2) is 0 Å². The molecule has 0 radical (unpaired) electrons. The Morgan fingerprint density at radius 3 is 3.00 bits per heavy atom. The topological polar surface area (TPSA) is 41.1 Å². The van der Waals surface area contributed by atoms with Crippen molar-refractivity contribution >= 4 is 24.0 Å². The van der Waals surface area contributed by atoms with Crippen molar-refractivity contribution in [2.45, 2.75) is 38.6 Å². The summed E-state index contributed by atoms with van der Waals surface area (Å²) in [5.41, 5.74) is 1.06. The van der Waals surface area contributed by atoms with E-state index in [1.165, 1.54) is 12.5 Å². The number of anilines is 1. The van der Waals surface area contributed by atoms with Crippen molar-refractivity contribution in [3.8, 4) is 0 Å². The molecule has 0 saturated carbocycles. The van der Waals surface area contributed by atoms with E-state index < -0.39 is 0 Å². The summed E-state index contributed by atoms with van der Waals surface area (Å²) in [5, 5.41) is 6.12. The van der Waals surface area contributed by atoms with Gasteiger partial charge in [-0.05, 0) is 44.9 Å². The summed E-state index contributed by atoms with van der Waals surface area (Å²) < 4.78 is 13.3. The van der Waals surface area contributed by atoms with E-state index in [1.807, 2.05) is 0 Å². The summed E-state index contributed by atoms with van der Waals surface area (Å²) in [6.07, 6.45) is 3.66. The second-order valence-corrected chi connectivity index (χ2v) is 4.79. The average Bonchev–Trinajstić information content (AvgIpc) is 2.86. The molecule has 1 fully saturated rings. The number of carbonyl (C=O) groups is 1. The molecular weight excluding hydrogens is 267 g/mol. The molecule has 2 N–H and O–H groups in total.